The molecule has 0 aliphatic rings. The minimum Gasteiger partial charge on any atom is -0.312 e. The summed E-state index contributed by atoms with van der Waals surface area (Å²) in [5.41, 5.74) is 2.79. The molecule has 0 unspecified atom stereocenters. The molecule has 0 aliphatic heterocycles. The van der Waals surface area contributed by atoms with E-state index in [0.29, 0.717) is 0 Å². The van der Waals surface area contributed by atoms with Gasteiger partial charge in [-0.3, -0.25) is 0 Å². The van der Waals surface area contributed by atoms with Crippen molar-refractivity contribution in [2.45, 2.75) is 13.0 Å². The first kappa shape index (κ1) is 14.5. The highest BCUT2D eigenvalue weighted by molar-refractivity contribution is 14.1. The second-order valence-electron chi connectivity index (χ2n) is 5.16. The molecule has 0 saturated heterocycles. The predicted octanol–water partition coefficient (Wildman–Crippen LogP) is 4.78. The molecular weight excluding hydrogens is 369 g/mol. The molecule has 21 heavy (non-hydrogen) atoms. The number of nitrogens with one attached hydrogen (secondary N) is 1. The SMILES string of the molecule is Ic1ccccc1CNCCc1cccc2ccccc12. The molecule has 0 atom stereocenters. The summed E-state index contributed by atoms with van der Waals surface area (Å²) in [7, 11) is 0. The molecule has 0 aliphatic carbocycles. The highest BCUT2D eigenvalue weighted by atomic mass is 127. The Hall–Kier alpha value is -1.39. The van der Waals surface area contributed by atoms with E-state index in [-0.39, 0.29) is 0 Å². The lowest BCUT2D eigenvalue weighted by Crippen LogP contribution is -2.17. The van der Waals surface area contributed by atoms with Crippen molar-refractivity contribution in [2.24, 2.45) is 0 Å². The van der Waals surface area contributed by atoms with Gasteiger partial charge in [-0.25, -0.2) is 0 Å². The largest absolute Gasteiger partial charge is 0.312 e. The number of fused-ring (bicyclic) bond motifs is 1. The molecule has 0 amide bonds. The average molecular weight is 387 g/mol. The van der Waals surface area contributed by atoms with Crippen LogP contribution in [0, 0.1) is 3.57 Å². The van der Waals surface area contributed by atoms with E-state index in [1.165, 1.54) is 25.5 Å². The molecule has 0 spiro atoms. The fourth-order valence-electron chi connectivity index (χ4n) is 2.60. The van der Waals surface area contributed by atoms with E-state index in [9.17, 15) is 0 Å². The van der Waals surface area contributed by atoms with Gasteiger partial charge in [-0.2, -0.15) is 0 Å². The topological polar surface area (TPSA) is 12.0 Å². The number of rotatable bonds is 5. The van der Waals surface area contributed by atoms with E-state index in [0.717, 1.165) is 19.5 Å². The van der Waals surface area contributed by atoms with Gasteiger partial charge in [0.05, 0.1) is 0 Å². The smallest absolute Gasteiger partial charge is 0.0216 e. The molecule has 0 radical (unpaired) electrons. The average Bonchev–Trinajstić information content (AvgIpc) is 2.53. The van der Waals surface area contributed by atoms with Crippen LogP contribution >= 0.6 is 22.6 Å². The maximum Gasteiger partial charge on any atom is 0.0216 e. The fraction of sp³-hybridized carbons (Fsp3) is 0.158. The first-order valence-corrected chi connectivity index (χ1v) is 8.33. The Morgan fingerprint density at radius 3 is 2.38 bits per heavy atom. The molecule has 0 bridgehead atoms. The maximum atomic E-state index is 3.55. The lowest BCUT2D eigenvalue weighted by molar-refractivity contribution is 0.687. The van der Waals surface area contributed by atoms with Crippen LogP contribution in [-0.2, 0) is 13.0 Å². The van der Waals surface area contributed by atoms with Crippen LogP contribution in [0.15, 0.2) is 66.7 Å². The molecule has 0 fully saturated rings. The van der Waals surface area contributed by atoms with E-state index in [2.05, 4.69) is 94.6 Å². The molecule has 1 N–H and O–H groups in total. The van der Waals surface area contributed by atoms with Gasteiger partial charge in [0.1, 0.15) is 0 Å². The highest BCUT2D eigenvalue weighted by Crippen LogP contribution is 2.18. The summed E-state index contributed by atoms with van der Waals surface area (Å²) in [6.45, 7) is 1.93. The van der Waals surface area contributed by atoms with Gasteiger partial charge in [0.15, 0.2) is 0 Å². The van der Waals surface area contributed by atoms with Crippen LogP contribution < -0.4 is 5.32 Å². The fourth-order valence-corrected chi connectivity index (χ4v) is 3.18. The van der Waals surface area contributed by atoms with Crippen molar-refractivity contribution in [3.05, 3.63) is 81.4 Å². The predicted molar refractivity (Wildman–Crippen MR) is 98.5 cm³/mol. The summed E-state index contributed by atoms with van der Waals surface area (Å²) in [4.78, 5) is 0. The Morgan fingerprint density at radius 2 is 1.48 bits per heavy atom. The monoisotopic (exact) mass is 387 g/mol. The Balaban J connectivity index is 1.61. The quantitative estimate of drug-likeness (QED) is 0.491. The van der Waals surface area contributed by atoms with Gasteiger partial charge in [-0.15, -0.1) is 0 Å². The van der Waals surface area contributed by atoms with Gasteiger partial charge in [-0.05, 0) is 63.5 Å². The lowest BCUT2D eigenvalue weighted by atomic mass is 10.0. The van der Waals surface area contributed by atoms with E-state index >= 15 is 0 Å². The van der Waals surface area contributed by atoms with Crippen LogP contribution in [0.4, 0.5) is 0 Å². The molecular formula is C19H18IN. The molecule has 2 heteroatoms. The zero-order chi connectivity index (χ0) is 14.5. The number of hydrogen-bond acceptors (Lipinski definition) is 1. The number of halogens is 1. The van der Waals surface area contributed by atoms with Gasteiger partial charge < -0.3 is 5.32 Å². The van der Waals surface area contributed by atoms with Crippen molar-refractivity contribution in [3.63, 3.8) is 0 Å². The second-order valence-corrected chi connectivity index (χ2v) is 6.32. The number of hydrogen-bond donors (Lipinski definition) is 1. The first-order valence-electron chi connectivity index (χ1n) is 7.25. The van der Waals surface area contributed by atoms with Crippen molar-refractivity contribution in [2.75, 3.05) is 6.54 Å². The van der Waals surface area contributed by atoms with Gasteiger partial charge >= 0.3 is 0 Å². The molecule has 106 valence electrons. The van der Waals surface area contributed by atoms with E-state index in [1.54, 1.807) is 0 Å². The summed E-state index contributed by atoms with van der Waals surface area (Å²) in [5, 5.41) is 6.25. The number of benzene rings is 3. The van der Waals surface area contributed by atoms with Crippen molar-refractivity contribution < 1.29 is 0 Å². The third kappa shape index (κ3) is 3.63. The summed E-state index contributed by atoms with van der Waals surface area (Å²) in [6.07, 6.45) is 1.06. The minimum atomic E-state index is 0.934. The van der Waals surface area contributed by atoms with Gasteiger partial charge in [0.2, 0.25) is 0 Å². The van der Waals surface area contributed by atoms with Crippen LogP contribution in [0.5, 0.6) is 0 Å². The Labute approximate surface area is 139 Å². The van der Waals surface area contributed by atoms with E-state index < -0.39 is 0 Å². The normalized spacial score (nSPS) is 10.9. The van der Waals surface area contributed by atoms with Crippen LogP contribution in [0.25, 0.3) is 10.8 Å². The van der Waals surface area contributed by atoms with Crippen LogP contribution in [0.3, 0.4) is 0 Å². The summed E-state index contributed by atoms with van der Waals surface area (Å²) < 4.78 is 1.33. The summed E-state index contributed by atoms with van der Waals surface area (Å²) >= 11 is 2.40. The Morgan fingerprint density at radius 1 is 0.762 bits per heavy atom. The third-order valence-electron chi connectivity index (χ3n) is 3.72. The highest BCUT2D eigenvalue weighted by Gasteiger charge is 2.01. The summed E-state index contributed by atoms with van der Waals surface area (Å²) in [6, 6.07) is 23.7. The molecule has 3 rings (SSSR count). The van der Waals surface area contributed by atoms with Crippen LogP contribution in [-0.4, -0.2) is 6.54 Å². The van der Waals surface area contributed by atoms with Crippen LogP contribution in [0.2, 0.25) is 0 Å². The zero-order valence-corrected chi connectivity index (χ0v) is 14.0. The zero-order valence-electron chi connectivity index (χ0n) is 11.9. The molecule has 3 aromatic carbocycles. The van der Waals surface area contributed by atoms with E-state index in [4.69, 9.17) is 0 Å². The lowest BCUT2D eigenvalue weighted by Gasteiger charge is -2.09. The maximum absolute atomic E-state index is 3.55. The molecule has 0 saturated carbocycles. The molecule has 3 aromatic rings. The Kier molecular flexibility index (Phi) is 4.88. The van der Waals surface area contributed by atoms with Crippen LogP contribution in [0.1, 0.15) is 11.1 Å². The Bertz CT molecular complexity index is 731. The standard InChI is InChI=1S/C19H18IN/c20-19-11-4-2-7-17(19)14-21-13-12-16-9-5-8-15-6-1-3-10-18(15)16/h1-11,21H,12-14H2. The molecule has 0 aromatic heterocycles. The molecule has 1 nitrogen and oxygen atoms in total. The second kappa shape index (κ2) is 7.05. The third-order valence-corrected chi connectivity index (χ3v) is 4.78. The van der Waals surface area contributed by atoms with Crippen molar-refractivity contribution in [1.29, 1.82) is 0 Å². The van der Waals surface area contributed by atoms with Crippen molar-refractivity contribution >= 4 is 33.4 Å². The molecule has 0 heterocycles. The van der Waals surface area contributed by atoms with E-state index in [1.807, 2.05) is 0 Å². The van der Waals surface area contributed by atoms with Gasteiger partial charge in [0.25, 0.3) is 0 Å². The van der Waals surface area contributed by atoms with Gasteiger partial charge in [0, 0.05) is 10.1 Å². The minimum absolute atomic E-state index is 0.934. The van der Waals surface area contributed by atoms with Gasteiger partial charge in [-0.1, -0.05) is 60.7 Å². The van der Waals surface area contributed by atoms with Crippen molar-refractivity contribution in [1.82, 2.24) is 5.32 Å². The van der Waals surface area contributed by atoms with Crippen molar-refractivity contribution in [3.8, 4) is 0 Å². The summed E-state index contributed by atoms with van der Waals surface area (Å²) in [5.74, 6) is 0. The first-order chi connectivity index (χ1) is 10.3.